The summed E-state index contributed by atoms with van der Waals surface area (Å²) >= 11 is 0. The number of benzene rings is 2. The van der Waals surface area contributed by atoms with Crippen LogP contribution >= 0.6 is 0 Å². The van der Waals surface area contributed by atoms with Crippen LogP contribution in [0.25, 0.3) is 0 Å². The van der Waals surface area contributed by atoms with Crippen molar-refractivity contribution in [2.75, 3.05) is 15.9 Å². The molecular weight excluding hydrogens is 421 g/mol. The molecule has 0 bridgehead atoms. The van der Waals surface area contributed by atoms with Crippen LogP contribution in [-0.4, -0.2) is 38.6 Å². The third-order valence-corrected chi connectivity index (χ3v) is 6.01. The summed E-state index contributed by atoms with van der Waals surface area (Å²) in [5.41, 5.74) is 0.728. The largest absolute Gasteiger partial charge is 0.350 e. The van der Waals surface area contributed by atoms with Crippen molar-refractivity contribution in [3.8, 4) is 0 Å². The fourth-order valence-electron chi connectivity index (χ4n) is 3.06. The first-order valence-electron chi connectivity index (χ1n) is 10.0. The van der Waals surface area contributed by atoms with E-state index in [0.29, 0.717) is 0 Å². The molecule has 0 aliphatic heterocycles. The van der Waals surface area contributed by atoms with Gasteiger partial charge in [0.05, 0.1) is 23.2 Å². The van der Waals surface area contributed by atoms with Crippen LogP contribution in [0.2, 0.25) is 0 Å². The van der Waals surface area contributed by atoms with Gasteiger partial charge >= 0.3 is 0 Å². The summed E-state index contributed by atoms with van der Waals surface area (Å²) in [4.78, 5) is 25.7. The fourth-order valence-corrected chi connectivity index (χ4v) is 4.27. The van der Waals surface area contributed by atoms with E-state index < -0.39 is 27.8 Å². The number of carbonyl (C=O) groups is 2. The molecule has 2 amide bonds. The normalized spacial score (nSPS) is 13.2. The van der Waals surface area contributed by atoms with Gasteiger partial charge in [-0.25, -0.2) is 12.8 Å². The molecule has 0 fully saturated rings. The number of carbonyl (C=O) groups excluding carboxylic acids is 2. The Morgan fingerprint density at radius 3 is 2.19 bits per heavy atom. The first-order chi connectivity index (χ1) is 14.6. The zero-order valence-electron chi connectivity index (χ0n) is 18.1. The summed E-state index contributed by atoms with van der Waals surface area (Å²) in [6, 6.07) is 10.3. The van der Waals surface area contributed by atoms with Gasteiger partial charge in [0.25, 0.3) is 5.91 Å². The van der Waals surface area contributed by atoms with E-state index in [9.17, 15) is 22.4 Å². The molecule has 7 nitrogen and oxygen atoms in total. The van der Waals surface area contributed by atoms with Gasteiger partial charge in [-0.1, -0.05) is 26.0 Å². The Balaban J connectivity index is 2.36. The number of nitrogens with one attached hydrogen (secondary N) is 2. The maximum absolute atomic E-state index is 13.3. The average molecular weight is 450 g/mol. The van der Waals surface area contributed by atoms with Crippen molar-refractivity contribution >= 4 is 33.2 Å². The summed E-state index contributed by atoms with van der Waals surface area (Å²) in [5.74, 6) is -1.45. The standard InChI is InChI=1S/C22H28FN3O4S/c1-5-15(3)24-21(27)18-9-7-8-10-19(18)25-22(28)20(6-2)26(31(4,29)30)17-13-11-16(23)12-14-17/h7-15,20H,5-6H2,1-4H3,(H,24,27)(H,25,28)/t15-,20+/m1/s1. The highest BCUT2D eigenvalue weighted by Crippen LogP contribution is 2.24. The molecule has 0 saturated carbocycles. The lowest BCUT2D eigenvalue weighted by Crippen LogP contribution is -2.47. The number of hydrogen-bond acceptors (Lipinski definition) is 4. The number of rotatable bonds is 9. The summed E-state index contributed by atoms with van der Waals surface area (Å²) in [6.07, 6.45) is 1.90. The van der Waals surface area contributed by atoms with Crippen molar-refractivity contribution in [1.29, 1.82) is 0 Å². The molecule has 2 aromatic carbocycles. The van der Waals surface area contributed by atoms with Gasteiger partial charge in [0.1, 0.15) is 11.9 Å². The zero-order chi connectivity index (χ0) is 23.2. The van der Waals surface area contributed by atoms with Gasteiger partial charge in [-0.05, 0) is 56.2 Å². The number of amides is 2. The maximum atomic E-state index is 13.3. The van der Waals surface area contributed by atoms with Crippen LogP contribution in [0.15, 0.2) is 48.5 Å². The lowest BCUT2D eigenvalue weighted by molar-refractivity contribution is -0.117. The first kappa shape index (κ1) is 24.3. The van der Waals surface area contributed by atoms with E-state index in [4.69, 9.17) is 0 Å². The second-order valence-corrected chi connectivity index (χ2v) is 9.14. The molecule has 0 aromatic heterocycles. The molecule has 31 heavy (non-hydrogen) atoms. The molecule has 0 unspecified atom stereocenters. The van der Waals surface area contributed by atoms with E-state index in [1.807, 2.05) is 13.8 Å². The molecule has 0 saturated heterocycles. The molecule has 0 aliphatic rings. The zero-order valence-corrected chi connectivity index (χ0v) is 18.9. The Morgan fingerprint density at radius 2 is 1.65 bits per heavy atom. The molecule has 2 atom stereocenters. The lowest BCUT2D eigenvalue weighted by Gasteiger charge is -2.30. The number of nitrogens with zero attached hydrogens (tertiary/aromatic N) is 1. The summed E-state index contributed by atoms with van der Waals surface area (Å²) in [5, 5.41) is 5.54. The highest BCUT2D eigenvalue weighted by Gasteiger charge is 2.32. The Labute approximate surface area is 182 Å². The Kier molecular flexibility index (Phi) is 8.15. The van der Waals surface area contributed by atoms with Crippen molar-refractivity contribution in [2.45, 2.75) is 45.7 Å². The van der Waals surface area contributed by atoms with Gasteiger partial charge in [0, 0.05) is 6.04 Å². The van der Waals surface area contributed by atoms with Crippen LogP contribution in [0.4, 0.5) is 15.8 Å². The van der Waals surface area contributed by atoms with Crippen molar-refractivity contribution in [3.05, 3.63) is 59.9 Å². The number of sulfonamides is 1. The minimum atomic E-state index is -3.85. The van der Waals surface area contributed by atoms with E-state index in [1.165, 1.54) is 12.1 Å². The third-order valence-electron chi connectivity index (χ3n) is 4.83. The van der Waals surface area contributed by atoms with E-state index in [2.05, 4.69) is 10.6 Å². The molecule has 2 aromatic rings. The highest BCUT2D eigenvalue weighted by molar-refractivity contribution is 7.92. The van der Waals surface area contributed by atoms with E-state index in [0.717, 1.165) is 29.1 Å². The smallest absolute Gasteiger partial charge is 0.253 e. The van der Waals surface area contributed by atoms with Crippen molar-refractivity contribution in [2.24, 2.45) is 0 Å². The molecule has 0 radical (unpaired) electrons. The maximum Gasteiger partial charge on any atom is 0.253 e. The van der Waals surface area contributed by atoms with E-state index in [1.54, 1.807) is 31.2 Å². The minimum absolute atomic E-state index is 0.0427. The predicted octanol–water partition coefficient (Wildman–Crippen LogP) is 3.54. The van der Waals surface area contributed by atoms with Crippen LogP contribution in [0.3, 0.4) is 0 Å². The Morgan fingerprint density at radius 1 is 1.03 bits per heavy atom. The van der Waals surface area contributed by atoms with Crippen LogP contribution in [-0.2, 0) is 14.8 Å². The van der Waals surface area contributed by atoms with E-state index >= 15 is 0 Å². The quantitative estimate of drug-likeness (QED) is 0.612. The van der Waals surface area contributed by atoms with E-state index in [-0.39, 0.29) is 35.3 Å². The number of hydrogen-bond donors (Lipinski definition) is 2. The van der Waals surface area contributed by atoms with Crippen LogP contribution in [0, 0.1) is 5.82 Å². The number of anilines is 2. The summed E-state index contributed by atoms with van der Waals surface area (Å²) < 4.78 is 39.3. The molecule has 2 rings (SSSR count). The fraction of sp³-hybridized carbons (Fsp3) is 0.364. The molecule has 0 heterocycles. The van der Waals surface area contributed by atoms with Crippen LogP contribution < -0.4 is 14.9 Å². The van der Waals surface area contributed by atoms with Gasteiger partial charge in [0.2, 0.25) is 15.9 Å². The minimum Gasteiger partial charge on any atom is -0.350 e. The van der Waals surface area contributed by atoms with Crippen LogP contribution in [0.1, 0.15) is 44.0 Å². The predicted molar refractivity (Wildman–Crippen MR) is 120 cm³/mol. The topological polar surface area (TPSA) is 95.6 Å². The lowest BCUT2D eigenvalue weighted by atomic mass is 10.1. The summed E-state index contributed by atoms with van der Waals surface area (Å²) in [7, 11) is -3.85. The van der Waals surface area contributed by atoms with Crippen LogP contribution in [0.5, 0.6) is 0 Å². The van der Waals surface area contributed by atoms with Gasteiger partial charge in [-0.2, -0.15) is 0 Å². The van der Waals surface area contributed by atoms with Gasteiger partial charge in [-0.3, -0.25) is 13.9 Å². The second kappa shape index (κ2) is 10.4. The average Bonchev–Trinajstić information content (AvgIpc) is 2.72. The molecular formula is C22H28FN3O4S. The monoisotopic (exact) mass is 449 g/mol. The third kappa shape index (κ3) is 6.27. The second-order valence-electron chi connectivity index (χ2n) is 7.28. The van der Waals surface area contributed by atoms with Crippen molar-refractivity contribution in [3.63, 3.8) is 0 Å². The van der Waals surface area contributed by atoms with Crippen molar-refractivity contribution in [1.82, 2.24) is 5.32 Å². The Bertz CT molecular complexity index is 1030. The number of halogens is 1. The first-order valence-corrected chi connectivity index (χ1v) is 11.9. The SMILES string of the molecule is CC[C@@H](C)NC(=O)c1ccccc1NC(=O)[C@H](CC)N(c1ccc(F)cc1)S(C)(=O)=O. The number of para-hydroxylation sites is 1. The van der Waals surface area contributed by atoms with Gasteiger partial charge in [-0.15, -0.1) is 0 Å². The molecule has 2 N–H and O–H groups in total. The van der Waals surface area contributed by atoms with Gasteiger partial charge < -0.3 is 10.6 Å². The molecule has 0 aliphatic carbocycles. The Hall–Kier alpha value is -2.94. The highest BCUT2D eigenvalue weighted by atomic mass is 32.2. The summed E-state index contributed by atoms with van der Waals surface area (Å²) in [6.45, 7) is 5.49. The van der Waals surface area contributed by atoms with Gasteiger partial charge in [0.15, 0.2) is 0 Å². The molecule has 168 valence electrons. The molecule has 9 heteroatoms. The van der Waals surface area contributed by atoms with Crippen molar-refractivity contribution < 1.29 is 22.4 Å². The molecule has 0 spiro atoms.